The Labute approximate surface area is 177 Å². The molecule has 1 aliphatic rings. The molecule has 0 saturated heterocycles. The summed E-state index contributed by atoms with van der Waals surface area (Å²) in [6, 6.07) is 11.7. The highest BCUT2D eigenvalue weighted by Gasteiger charge is 2.19. The number of fused-ring (bicyclic) bond motifs is 2. The van der Waals surface area contributed by atoms with E-state index >= 15 is 0 Å². The van der Waals surface area contributed by atoms with Crippen molar-refractivity contribution in [1.82, 2.24) is 19.7 Å². The number of aromatic nitrogens is 4. The van der Waals surface area contributed by atoms with Crippen molar-refractivity contribution in [1.29, 1.82) is 0 Å². The number of rotatable bonds is 3. The Bertz CT molecular complexity index is 1260. The third kappa shape index (κ3) is 3.35. The quantitative estimate of drug-likeness (QED) is 0.475. The fraction of sp³-hybridized carbons (Fsp3) is 0.227. The zero-order valence-electron chi connectivity index (χ0n) is 16.1. The summed E-state index contributed by atoms with van der Waals surface area (Å²) in [6.07, 6.45) is 4.36. The molecule has 8 heteroatoms. The second-order valence-electron chi connectivity index (χ2n) is 7.44. The van der Waals surface area contributed by atoms with Gasteiger partial charge in [0.25, 0.3) is 5.91 Å². The fourth-order valence-electron chi connectivity index (χ4n) is 3.92. The van der Waals surface area contributed by atoms with Gasteiger partial charge in [0.15, 0.2) is 5.82 Å². The van der Waals surface area contributed by atoms with Crippen LogP contribution in [-0.2, 0) is 13.0 Å². The molecule has 0 spiro atoms. The third-order valence-electron chi connectivity index (χ3n) is 5.41. The number of halogens is 2. The smallest absolute Gasteiger partial charge is 0.273 e. The molecular weight excluding hydrogens is 405 g/mol. The molecular formula is C22H19ClFN5O. The summed E-state index contributed by atoms with van der Waals surface area (Å²) in [5, 5.41) is 12.3. The molecule has 6 nitrogen and oxygen atoms in total. The predicted molar refractivity (Wildman–Crippen MR) is 114 cm³/mol. The lowest BCUT2D eigenvalue weighted by molar-refractivity contribution is 0.102. The normalized spacial score (nSPS) is 13.8. The highest BCUT2D eigenvalue weighted by atomic mass is 35.5. The predicted octanol–water partition coefficient (Wildman–Crippen LogP) is 5.20. The van der Waals surface area contributed by atoms with Crippen LogP contribution in [0.15, 0.2) is 42.5 Å². The van der Waals surface area contributed by atoms with Gasteiger partial charge >= 0.3 is 0 Å². The number of anilines is 1. The first kappa shape index (κ1) is 18.8. The van der Waals surface area contributed by atoms with Crippen molar-refractivity contribution in [2.24, 2.45) is 0 Å². The largest absolute Gasteiger partial charge is 0.349 e. The van der Waals surface area contributed by atoms with Crippen LogP contribution in [0.25, 0.3) is 22.3 Å². The standard InChI is InChI=1S/C22H19ClFN5O/c23-19-16-12-14(24)8-9-17(16)26-20(19)22(30)25-15-6-4-5-13(11-15)21-28-27-18-7-2-1-3-10-29(18)21/h4-6,8-9,11-12,26H,1-3,7,10H2,(H,25,30). The number of hydrogen-bond acceptors (Lipinski definition) is 3. The molecule has 0 atom stereocenters. The van der Waals surface area contributed by atoms with E-state index in [1.54, 1.807) is 12.1 Å². The maximum Gasteiger partial charge on any atom is 0.273 e. The van der Waals surface area contributed by atoms with E-state index in [9.17, 15) is 9.18 Å². The molecule has 2 aromatic carbocycles. The summed E-state index contributed by atoms with van der Waals surface area (Å²) in [5.41, 5.74) is 2.30. The molecule has 2 aromatic heterocycles. The van der Waals surface area contributed by atoms with Crippen LogP contribution >= 0.6 is 11.6 Å². The van der Waals surface area contributed by atoms with Crippen LogP contribution in [0.4, 0.5) is 10.1 Å². The van der Waals surface area contributed by atoms with Gasteiger partial charge in [0, 0.05) is 35.1 Å². The lowest BCUT2D eigenvalue weighted by Crippen LogP contribution is -2.13. The molecule has 152 valence electrons. The number of H-pyrrole nitrogens is 1. The van der Waals surface area contributed by atoms with E-state index in [-0.39, 0.29) is 10.7 Å². The lowest BCUT2D eigenvalue weighted by atomic mass is 10.1. The van der Waals surface area contributed by atoms with E-state index in [0.29, 0.717) is 16.6 Å². The van der Waals surface area contributed by atoms with Gasteiger partial charge in [-0.05, 0) is 43.2 Å². The van der Waals surface area contributed by atoms with Gasteiger partial charge in [-0.2, -0.15) is 0 Å². The number of aryl methyl sites for hydroxylation is 1. The van der Waals surface area contributed by atoms with E-state index in [1.807, 2.05) is 18.2 Å². The number of nitrogens with zero attached hydrogens (tertiary/aromatic N) is 3. The van der Waals surface area contributed by atoms with Gasteiger partial charge in [0.1, 0.15) is 17.3 Å². The van der Waals surface area contributed by atoms with Gasteiger partial charge in [-0.25, -0.2) is 4.39 Å². The van der Waals surface area contributed by atoms with Crippen LogP contribution in [0.2, 0.25) is 5.02 Å². The number of aromatic amines is 1. The van der Waals surface area contributed by atoms with Crippen molar-refractivity contribution >= 4 is 34.1 Å². The zero-order chi connectivity index (χ0) is 20.7. The van der Waals surface area contributed by atoms with Crippen LogP contribution in [0.5, 0.6) is 0 Å². The number of benzene rings is 2. The lowest BCUT2D eigenvalue weighted by Gasteiger charge is -2.09. The first-order valence-corrected chi connectivity index (χ1v) is 10.3. The fourth-order valence-corrected chi connectivity index (χ4v) is 4.21. The number of amides is 1. The van der Waals surface area contributed by atoms with Crippen LogP contribution in [-0.4, -0.2) is 25.7 Å². The summed E-state index contributed by atoms with van der Waals surface area (Å²) in [6.45, 7) is 0.898. The molecule has 5 rings (SSSR count). The number of nitrogens with one attached hydrogen (secondary N) is 2. The van der Waals surface area contributed by atoms with Gasteiger partial charge in [-0.3, -0.25) is 4.79 Å². The molecule has 1 amide bonds. The van der Waals surface area contributed by atoms with Gasteiger partial charge < -0.3 is 14.9 Å². The van der Waals surface area contributed by atoms with Crippen LogP contribution < -0.4 is 5.32 Å². The van der Waals surface area contributed by atoms with Gasteiger partial charge in [-0.15, -0.1) is 10.2 Å². The highest BCUT2D eigenvalue weighted by Crippen LogP contribution is 2.29. The van der Waals surface area contributed by atoms with Crippen molar-refractivity contribution in [2.75, 3.05) is 5.32 Å². The first-order valence-electron chi connectivity index (χ1n) is 9.91. The Kier molecular flexibility index (Phi) is 4.75. The Morgan fingerprint density at radius 1 is 1.13 bits per heavy atom. The minimum absolute atomic E-state index is 0.194. The maximum absolute atomic E-state index is 13.5. The molecule has 0 aliphatic carbocycles. The zero-order valence-corrected chi connectivity index (χ0v) is 16.8. The molecule has 0 fully saturated rings. The van der Waals surface area contributed by atoms with Gasteiger partial charge in [-0.1, -0.05) is 30.2 Å². The summed E-state index contributed by atoms with van der Waals surface area (Å²) in [5.74, 6) is 1.01. The third-order valence-corrected chi connectivity index (χ3v) is 5.81. The number of hydrogen-bond donors (Lipinski definition) is 2. The molecule has 2 N–H and O–H groups in total. The first-order chi connectivity index (χ1) is 14.6. The minimum Gasteiger partial charge on any atom is -0.349 e. The summed E-state index contributed by atoms with van der Waals surface area (Å²) in [4.78, 5) is 15.8. The number of carbonyl (C=O) groups excluding carboxylic acids is 1. The Balaban J connectivity index is 1.44. The van der Waals surface area contributed by atoms with Crippen LogP contribution in [0.3, 0.4) is 0 Å². The average Bonchev–Trinajstić information content (AvgIpc) is 3.20. The van der Waals surface area contributed by atoms with E-state index in [4.69, 9.17) is 11.6 Å². The SMILES string of the molecule is O=C(Nc1cccc(-c2nnc3n2CCCCC3)c1)c1[nH]c2ccc(F)cc2c1Cl. The Morgan fingerprint density at radius 3 is 2.93 bits per heavy atom. The Hall–Kier alpha value is -3.19. The summed E-state index contributed by atoms with van der Waals surface area (Å²) >= 11 is 6.32. The monoisotopic (exact) mass is 423 g/mol. The van der Waals surface area contributed by atoms with E-state index < -0.39 is 11.7 Å². The second-order valence-corrected chi connectivity index (χ2v) is 7.82. The topological polar surface area (TPSA) is 75.6 Å². The van der Waals surface area contributed by atoms with Crippen molar-refractivity contribution in [3.8, 4) is 11.4 Å². The van der Waals surface area contributed by atoms with E-state index in [2.05, 4.69) is 25.1 Å². The van der Waals surface area contributed by atoms with Crippen molar-refractivity contribution in [3.05, 3.63) is 64.8 Å². The number of carbonyl (C=O) groups is 1. The van der Waals surface area contributed by atoms with Gasteiger partial charge in [0.05, 0.1) is 5.02 Å². The molecule has 30 heavy (non-hydrogen) atoms. The second kappa shape index (κ2) is 7.57. The Morgan fingerprint density at radius 2 is 2.03 bits per heavy atom. The maximum atomic E-state index is 13.5. The summed E-state index contributed by atoms with van der Waals surface area (Å²) in [7, 11) is 0. The van der Waals surface area contributed by atoms with E-state index in [1.165, 1.54) is 18.6 Å². The molecule has 4 aromatic rings. The molecule has 3 heterocycles. The van der Waals surface area contributed by atoms with Crippen LogP contribution in [0.1, 0.15) is 35.6 Å². The van der Waals surface area contributed by atoms with Crippen LogP contribution in [0, 0.1) is 5.82 Å². The molecule has 0 saturated carbocycles. The molecule has 0 bridgehead atoms. The molecule has 0 unspecified atom stereocenters. The summed E-state index contributed by atoms with van der Waals surface area (Å²) < 4.78 is 15.7. The molecule has 1 aliphatic heterocycles. The molecule has 0 radical (unpaired) electrons. The highest BCUT2D eigenvalue weighted by molar-refractivity contribution is 6.39. The minimum atomic E-state index is -0.407. The van der Waals surface area contributed by atoms with Crippen molar-refractivity contribution in [3.63, 3.8) is 0 Å². The van der Waals surface area contributed by atoms with E-state index in [0.717, 1.165) is 43.0 Å². The van der Waals surface area contributed by atoms with Crippen molar-refractivity contribution < 1.29 is 9.18 Å². The van der Waals surface area contributed by atoms with Crippen molar-refractivity contribution in [2.45, 2.75) is 32.2 Å². The average molecular weight is 424 g/mol. The van der Waals surface area contributed by atoms with Gasteiger partial charge in [0.2, 0.25) is 0 Å².